The maximum Gasteiger partial charge on any atom is 0.225 e. The Morgan fingerprint density at radius 3 is 2.60 bits per heavy atom. The first-order valence-corrected chi connectivity index (χ1v) is 4.08. The van der Waals surface area contributed by atoms with Crippen LogP contribution in [0.2, 0.25) is 0 Å². The summed E-state index contributed by atoms with van der Waals surface area (Å²) in [6.07, 6.45) is 2.08. The third-order valence-electron chi connectivity index (χ3n) is 2.28. The molecule has 0 aromatic carbocycles. The van der Waals surface area contributed by atoms with Gasteiger partial charge < -0.3 is 4.90 Å². The second-order valence-electron chi connectivity index (χ2n) is 2.81. The summed E-state index contributed by atoms with van der Waals surface area (Å²) < 4.78 is 0. The normalized spacial score (nSPS) is 26.0. The molecular formula is C8H15NO. The maximum atomic E-state index is 11.3. The molecule has 0 aliphatic carbocycles. The van der Waals surface area contributed by atoms with Crippen LogP contribution >= 0.6 is 0 Å². The minimum absolute atomic E-state index is 0.333. The Bertz CT molecular complexity index is 119. The van der Waals surface area contributed by atoms with Crippen LogP contribution in [0.15, 0.2) is 0 Å². The van der Waals surface area contributed by atoms with Crippen molar-refractivity contribution in [3.63, 3.8) is 0 Å². The zero-order chi connectivity index (χ0) is 7.56. The predicted octanol–water partition coefficient (Wildman–Crippen LogP) is 1.26. The summed E-state index contributed by atoms with van der Waals surface area (Å²) in [6, 6.07) is 0. The molecule has 2 nitrogen and oxygen atoms in total. The highest BCUT2D eigenvalue weighted by atomic mass is 16.2. The van der Waals surface area contributed by atoms with Gasteiger partial charge in [-0.2, -0.15) is 0 Å². The van der Waals surface area contributed by atoms with Crippen molar-refractivity contribution < 1.29 is 4.79 Å². The fraction of sp³-hybridized carbons (Fsp3) is 0.875. The first-order chi connectivity index (χ1) is 4.79. The SMILES string of the molecule is CCC1CCN(CC)C1=O. The van der Waals surface area contributed by atoms with E-state index in [0.29, 0.717) is 11.8 Å². The highest BCUT2D eigenvalue weighted by Crippen LogP contribution is 2.19. The van der Waals surface area contributed by atoms with E-state index in [4.69, 9.17) is 0 Å². The van der Waals surface area contributed by atoms with Gasteiger partial charge in [0.15, 0.2) is 0 Å². The smallest absolute Gasteiger partial charge is 0.225 e. The van der Waals surface area contributed by atoms with E-state index in [-0.39, 0.29) is 0 Å². The largest absolute Gasteiger partial charge is 0.343 e. The third kappa shape index (κ3) is 1.15. The Hall–Kier alpha value is -0.530. The Morgan fingerprint density at radius 2 is 2.30 bits per heavy atom. The molecule has 1 amide bonds. The van der Waals surface area contributed by atoms with Crippen LogP contribution in [0.3, 0.4) is 0 Å². The van der Waals surface area contributed by atoms with Gasteiger partial charge in [-0.05, 0) is 19.8 Å². The van der Waals surface area contributed by atoms with Crippen molar-refractivity contribution in [2.75, 3.05) is 13.1 Å². The minimum atomic E-state index is 0.333. The van der Waals surface area contributed by atoms with Gasteiger partial charge in [0.05, 0.1) is 0 Å². The first-order valence-electron chi connectivity index (χ1n) is 4.08. The molecule has 0 bridgehead atoms. The van der Waals surface area contributed by atoms with Crippen LogP contribution in [-0.2, 0) is 4.79 Å². The summed E-state index contributed by atoms with van der Waals surface area (Å²) in [5.74, 6) is 0.699. The van der Waals surface area contributed by atoms with E-state index in [2.05, 4.69) is 6.92 Å². The van der Waals surface area contributed by atoms with Gasteiger partial charge in [0.2, 0.25) is 5.91 Å². The second kappa shape index (κ2) is 3.04. The number of carbonyl (C=O) groups excluding carboxylic acids is 1. The lowest BCUT2D eigenvalue weighted by Crippen LogP contribution is -2.26. The predicted molar refractivity (Wildman–Crippen MR) is 40.7 cm³/mol. The van der Waals surface area contributed by atoms with E-state index in [0.717, 1.165) is 25.9 Å². The van der Waals surface area contributed by atoms with Crippen LogP contribution < -0.4 is 0 Å². The van der Waals surface area contributed by atoms with E-state index in [1.54, 1.807) is 0 Å². The summed E-state index contributed by atoms with van der Waals surface area (Å²) in [4.78, 5) is 13.2. The molecule has 58 valence electrons. The zero-order valence-corrected chi connectivity index (χ0v) is 6.76. The number of hydrogen-bond donors (Lipinski definition) is 0. The Labute approximate surface area is 62.2 Å². The topological polar surface area (TPSA) is 20.3 Å². The van der Waals surface area contributed by atoms with Crippen molar-refractivity contribution in [2.24, 2.45) is 5.92 Å². The molecule has 1 unspecified atom stereocenters. The van der Waals surface area contributed by atoms with Gasteiger partial charge in [-0.1, -0.05) is 6.92 Å². The van der Waals surface area contributed by atoms with E-state index < -0.39 is 0 Å². The highest BCUT2D eigenvalue weighted by molar-refractivity contribution is 5.80. The molecule has 1 fully saturated rings. The van der Waals surface area contributed by atoms with Crippen molar-refractivity contribution in [3.8, 4) is 0 Å². The fourth-order valence-electron chi connectivity index (χ4n) is 1.50. The van der Waals surface area contributed by atoms with E-state index >= 15 is 0 Å². The van der Waals surface area contributed by atoms with Gasteiger partial charge in [-0.3, -0.25) is 4.79 Å². The average Bonchev–Trinajstić information content (AvgIpc) is 2.30. The molecule has 2 heteroatoms. The number of carbonyl (C=O) groups is 1. The molecular weight excluding hydrogens is 126 g/mol. The summed E-state index contributed by atoms with van der Waals surface area (Å²) in [5.41, 5.74) is 0. The van der Waals surface area contributed by atoms with Crippen LogP contribution in [-0.4, -0.2) is 23.9 Å². The number of nitrogens with zero attached hydrogens (tertiary/aromatic N) is 1. The van der Waals surface area contributed by atoms with E-state index in [1.165, 1.54) is 0 Å². The third-order valence-corrected chi connectivity index (χ3v) is 2.28. The van der Waals surface area contributed by atoms with Gasteiger partial charge in [-0.25, -0.2) is 0 Å². The molecule has 1 heterocycles. The standard InChI is InChI=1S/C8H15NO/c1-3-7-5-6-9(4-2)8(7)10/h7H,3-6H2,1-2H3. The van der Waals surface area contributed by atoms with Gasteiger partial charge in [0, 0.05) is 19.0 Å². The fourth-order valence-corrected chi connectivity index (χ4v) is 1.50. The number of amides is 1. The van der Waals surface area contributed by atoms with Crippen LogP contribution in [0.1, 0.15) is 26.7 Å². The quantitative estimate of drug-likeness (QED) is 0.567. The molecule has 1 aliphatic rings. The minimum Gasteiger partial charge on any atom is -0.343 e. The van der Waals surface area contributed by atoms with Gasteiger partial charge in [-0.15, -0.1) is 0 Å². The van der Waals surface area contributed by atoms with Crippen LogP contribution in [0.25, 0.3) is 0 Å². The van der Waals surface area contributed by atoms with Crippen LogP contribution in [0, 0.1) is 5.92 Å². The molecule has 0 radical (unpaired) electrons. The molecule has 1 aliphatic heterocycles. The molecule has 0 aromatic rings. The first kappa shape index (κ1) is 7.58. The van der Waals surface area contributed by atoms with Crippen molar-refractivity contribution in [2.45, 2.75) is 26.7 Å². The zero-order valence-electron chi connectivity index (χ0n) is 6.76. The number of hydrogen-bond acceptors (Lipinski definition) is 1. The van der Waals surface area contributed by atoms with E-state index in [1.807, 2.05) is 11.8 Å². The number of likely N-dealkylation sites (tertiary alicyclic amines) is 1. The van der Waals surface area contributed by atoms with Crippen molar-refractivity contribution in [1.82, 2.24) is 4.90 Å². The molecule has 1 atom stereocenters. The monoisotopic (exact) mass is 141 g/mol. The highest BCUT2D eigenvalue weighted by Gasteiger charge is 2.28. The van der Waals surface area contributed by atoms with Crippen LogP contribution in [0.4, 0.5) is 0 Å². The molecule has 0 saturated carbocycles. The lowest BCUT2D eigenvalue weighted by atomic mass is 10.1. The summed E-state index contributed by atoms with van der Waals surface area (Å²) >= 11 is 0. The van der Waals surface area contributed by atoms with Crippen molar-refractivity contribution in [3.05, 3.63) is 0 Å². The Kier molecular flexibility index (Phi) is 2.30. The van der Waals surface area contributed by atoms with E-state index in [9.17, 15) is 4.79 Å². The molecule has 0 N–H and O–H groups in total. The molecule has 0 spiro atoms. The van der Waals surface area contributed by atoms with Crippen molar-refractivity contribution >= 4 is 5.91 Å². The summed E-state index contributed by atoms with van der Waals surface area (Å²) in [7, 11) is 0. The summed E-state index contributed by atoms with van der Waals surface area (Å²) in [6.45, 7) is 5.99. The molecule has 0 aromatic heterocycles. The maximum absolute atomic E-state index is 11.3. The van der Waals surface area contributed by atoms with Gasteiger partial charge in [0.1, 0.15) is 0 Å². The average molecular weight is 141 g/mol. The second-order valence-corrected chi connectivity index (χ2v) is 2.81. The van der Waals surface area contributed by atoms with Crippen LogP contribution in [0.5, 0.6) is 0 Å². The van der Waals surface area contributed by atoms with Gasteiger partial charge in [0.25, 0.3) is 0 Å². The van der Waals surface area contributed by atoms with Gasteiger partial charge >= 0.3 is 0 Å². The molecule has 1 saturated heterocycles. The Morgan fingerprint density at radius 1 is 1.60 bits per heavy atom. The lowest BCUT2D eigenvalue weighted by Gasteiger charge is -2.12. The Balaban J connectivity index is 2.49. The molecule has 1 rings (SSSR count). The lowest BCUT2D eigenvalue weighted by molar-refractivity contribution is -0.130. The summed E-state index contributed by atoms with van der Waals surface area (Å²) in [5, 5.41) is 0. The number of rotatable bonds is 2. The molecule has 10 heavy (non-hydrogen) atoms. The van der Waals surface area contributed by atoms with Crippen molar-refractivity contribution in [1.29, 1.82) is 0 Å².